The lowest BCUT2D eigenvalue weighted by Gasteiger charge is -2.17. The third kappa shape index (κ3) is 3.28. The Balaban J connectivity index is 1.80. The standard InChI is InChI=1S/C22H20ClN3O/c1-14(16-4-8-19(23)9-5-16)26-15(2)25-20-10-6-17(12-21(20)26)18-7-11-22(27-3)24-13-18/h4-14H,1-3H3/t14-/m1/s1. The van der Waals surface area contributed by atoms with E-state index in [0.29, 0.717) is 5.88 Å². The predicted molar refractivity (Wildman–Crippen MR) is 110 cm³/mol. The van der Waals surface area contributed by atoms with E-state index in [1.54, 1.807) is 7.11 Å². The average molecular weight is 378 g/mol. The molecule has 2 aromatic carbocycles. The maximum Gasteiger partial charge on any atom is 0.212 e. The SMILES string of the molecule is COc1ccc(-c2ccc3nc(C)n([C@H](C)c4ccc(Cl)cc4)c3c2)cn1. The van der Waals surface area contributed by atoms with Crippen LogP contribution in [0.15, 0.2) is 60.8 Å². The first kappa shape index (κ1) is 17.6. The molecule has 1 atom stereocenters. The number of fused-ring (bicyclic) bond motifs is 1. The summed E-state index contributed by atoms with van der Waals surface area (Å²) in [5.41, 5.74) is 5.42. The van der Waals surface area contributed by atoms with Gasteiger partial charge in [0.1, 0.15) is 5.82 Å². The van der Waals surface area contributed by atoms with Crippen molar-refractivity contribution in [2.24, 2.45) is 0 Å². The summed E-state index contributed by atoms with van der Waals surface area (Å²) in [5, 5.41) is 0.743. The molecule has 0 fully saturated rings. The Morgan fingerprint density at radius 1 is 1.00 bits per heavy atom. The first-order valence-corrected chi connectivity index (χ1v) is 9.19. The zero-order valence-electron chi connectivity index (χ0n) is 15.5. The van der Waals surface area contributed by atoms with Crippen molar-refractivity contribution in [2.45, 2.75) is 19.9 Å². The number of halogens is 1. The fraction of sp³-hybridized carbons (Fsp3) is 0.182. The molecule has 0 N–H and O–H groups in total. The monoisotopic (exact) mass is 377 g/mol. The van der Waals surface area contributed by atoms with E-state index in [0.717, 1.165) is 33.0 Å². The molecule has 27 heavy (non-hydrogen) atoms. The summed E-state index contributed by atoms with van der Waals surface area (Å²) >= 11 is 6.04. The van der Waals surface area contributed by atoms with E-state index in [9.17, 15) is 0 Å². The third-order valence-corrected chi connectivity index (χ3v) is 5.14. The zero-order valence-corrected chi connectivity index (χ0v) is 16.2. The van der Waals surface area contributed by atoms with Crippen LogP contribution in [0.2, 0.25) is 5.02 Å². The number of aryl methyl sites for hydroxylation is 1. The van der Waals surface area contributed by atoms with Gasteiger partial charge in [-0.15, -0.1) is 0 Å². The highest BCUT2D eigenvalue weighted by Crippen LogP contribution is 2.30. The summed E-state index contributed by atoms with van der Waals surface area (Å²) in [6.07, 6.45) is 1.83. The van der Waals surface area contributed by atoms with Gasteiger partial charge in [0, 0.05) is 22.8 Å². The van der Waals surface area contributed by atoms with Gasteiger partial charge in [-0.1, -0.05) is 29.8 Å². The van der Waals surface area contributed by atoms with Crippen LogP contribution in [0.3, 0.4) is 0 Å². The maximum absolute atomic E-state index is 6.04. The number of hydrogen-bond acceptors (Lipinski definition) is 3. The molecule has 0 spiro atoms. The minimum atomic E-state index is 0.150. The molecule has 0 unspecified atom stereocenters. The van der Waals surface area contributed by atoms with E-state index in [2.05, 4.69) is 46.8 Å². The summed E-state index contributed by atoms with van der Waals surface area (Å²) in [5.74, 6) is 1.59. The lowest BCUT2D eigenvalue weighted by Crippen LogP contribution is -2.08. The minimum absolute atomic E-state index is 0.150. The molecule has 0 saturated heterocycles. The molecule has 4 aromatic rings. The van der Waals surface area contributed by atoms with Gasteiger partial charge in [-0.05, 0) is 55.3 Å². The molecule has 136 valence electrons. The fourth-order valence-electron chi connectivity index (χ4n) is 3.44. The number of benzene rings is 2. The van der Waals surface area contributed by atoms with Gasteiger partial charge in [0.25, 0.3) is 0 Å². The van der Waals surface area contributed by atoms with E-state index in [4.69, 9.17) is 21.3 Å². The smallest absolute Gasteiger partial charge is 0.212 e. The lowest BCUT2D eigenvalue weighted by atomic mass is 10.1. The Morgan fingerprint density at radius 2 is 1.74 bits per heavy atom. The van der Waals surface area contributed by atoms with Gasteiger partial charge in [0.15, 0.2) is 0 Å². The van der Waals surface area contributed by atoms with E-state index in [-0.39, 0.29) is 6.04 Å². The molecule has 0 saturated carbocycles. The van der Waals surface area contributed by atoms with Crippen molar-refractivity contribution in [1.29, 1.82) is 0 Å². The predicted octanol–water partition coefficient (Wildman–Crippen LogP) is 5.68. The largest absolute Gasteiger partial charge is 0.481 e. The maximum atomic E-state index is 6.04. The van der Waals surface area contributed by atoms with Crippen LogP contribution in [-0.4, -0.2) is 21.6 Å². The second kappa shape index (κ2) is 7.05. The third-order valence-electron chi connectivity index (χ3n) is 4.88. The normalized spacial score (nSPS) is 12.3. The van der Waals surface area contributed by atoms with Gasteiger partial charge in [0.2, 0.25) is 5.88 Å². The second-order valence-electron chi connectivity index (χ2n) is 6.55. The highest BCUT2D eigenvalue weighted by molar-refractivity contribution is 6.30. The van der Waals surface area contributed by atoms with Gasteiger partial charge in [0.05, 0.1) is 24.2 Å². The van der Waals surface area contributed by atoms with Crippen molar-refractivity contribution in [3.05, 3.63) is 77.2 Å². The van der Waals surface area contributed by atoms with Crippen LogP contribution in [0, 0.1) is 6.92 Å². The molecule has 4 nitrogen and oxygen atoms in total. The van der Waals surface area contributed by atoms with Crippen molar-refractivity contribution in [3.63, 3.8) is 0 Å². The van der Waals surface area contributed by atoms with Crippen molar-refractivity contribution in [3.8, 4) is 17.0 Å². The van der Waals surface area contributed by atoms with Crippen molar-refractivity contribution in [2.75, 3.05) is 7.11 Å². The highest BCUT2D eigenvalue weighted by atomic mass is 35.5. The molecular weight excluding hydrogens is 358 g/mol. The summed E-state index contributed by atoms with van der Waals surface area (Å²) < 4.78 is 7.41. The quantitative estimate of drug-likeness (QED) is 0.459. The molecule has 0 radical (unpaired) electrons. The Morgan fingerprint density at radius 3 is 2.41 bits per heavy atom. The van der Waals surface area contributed by atoms with Crippen LogP contribution >= 0.6 is 11.6 Å². The minimum Gasteiger partial charge on any atom is -0.481 e. The van der Waals surface area contributed by atoms with Gasteiger partial charge in [-0.3, -0.25) is 0 Å². The summed E-state index contributed by atoms with van der Waals surface area (Å²) in [4.78, 5) is 9.06. The van der Waals surface area contributed by atoms with Crippen LogP contribution in [0.5, 0.6) is 5.88 Å². The molecule has 0 bridgehead atoms. The van der Waals surface area contributed by atoms with Crippen molar-refractivity contribution in [1.82, 2.24) is 14.5 Å². The number of methoxy groups -OCH3 is 1. The van der Waals surface area contributed by atoms with Crippen LogP contribution in [0.25, 0.3) is 22.2 Å². The molecule has 0 amide bonds. The van der Waals surface area contributed by atoms with Crippen molar-refractivity contribution >= 4 is 22.6 Å². The summed E-state index contributed by atoms with van der Waals surface area (Å²) in [6.45, 7) is 4.22. The molecule has 2 aromatic heterocycles. The first-order chi connectivity index (χ1) is 13.1. The van der Waals surface area contributed by atoms with E-state index in [1.165, 1.54) is 5.56 Å². The Labute approximate surface area is 163 Å². The highest BCUT2D eigenvalue weighted by Gasteiger charge is 2.16. The zero-order chi connectivity index (χ0) is 19.0. The molecule has 0 aliphatic rings. The average Bonchev–Trinajstić information content (AvgIpc) is 3.03. The van der Waals surface area contributed by atoms with E-state index < -0.39 is 0 Å². The van der Waals surface area contributed by atoms with Crippen molar-refractivity contribution < 1.29 is 4.74 Å². The number of aromatic nitrogens is 3. The molecule has 4 rings (SSSR count). The molecule has 0 aliphatic carbocycles. The summed E-state index contributed by atoms with van der Waals surface area (Å²) in [7, 11) is 1.62. The van der Waals surface area contributed by atoms with Crippen LogP contribution in [0.4, 0.5) is 0 Å². The van der Waals surface area contributed by atoms with E-state index >= 15 is 0 Å². The van der Waals surface area contributed by atoms with Crippen LogP contribution < -0.4 is 4.74 Å². The first-order valence-electron chi connectivity index (χ1n) is 8.81. The lowest BCUT2D eigenvalue weighted by molar-refractivity contribution is 0.398. The van der Waals surface area contributed by atoms with Gasteiger partial charge in [-0.2, -0.15) is 0 Å². The number of rotatable bonds is 4. The summed E-state index contributed by atoms with van der Waals surface area (Å²) in [6, 6.07) is 18.3. The number of pyridine rings is 1. The Hall–Kier alpha value is -2.85. The number of imidazole rings is 1. The second-order valence-corrected chi connectivity index (χ2v) is 6.99. The molecule has 0 aliphatic heterocycles. The van der Waals surface area contributed by atoms with Crippen LogP contribution in [-0.2, 0) is 0 Å². The molecular formula is C22H20ClN3O. The van der Waals surface area contributed by atoms with Gasteiger partial charge in [-0.25, -0.2) is 9.97 Å². The van der Waals surface area contributed by atoms with Crippen LogP contribution in [0.1, 0.15) is 24.4 Å². The molecule has 5 heteroatoms. The Kier molecular flexibility index (Phi) is 4.58. The number of ether oxygens (including phenoxy) is 1. The molecule has 2 heterocycles. The number of nitrogens with zero attached hydrogens (tertiary/aromatic N) is 3. The van der Waals surface area contributed by atoms with E-state index in [1.807, 2.05) is 37.4 Å². The number of hydrogen-bond donors (Lipinski definition) is 0. The fourth-order valence-corrected chi connectivity index (χ4v) is 3.57. The Bertz CT molecular complexity index is 1090. The topological polar surface area (TPSA) is 39.9 Å². The van der Waals surface area contributed by atoms with Gasteiger partial charge >= 0.3 is 0 Å². The van der Waals surface area contributed by atoms with Gasteiger partial charge < -0.3 is 9.30 Å².